The van der Waals surface area contributed by atoms with Crippen molar-refractivity contribution in [3.8, 4) is 0 Å². The maximum absolute atomic E-state index is 11.8. The summed E-state index contributed by atoms with van der Waals surface area (Å²) in [6.07, 6.45) is 6.83. The molecule has 0 bridgehead atoms. The van der Waals surface area contributed by atoms with Crippen molar-refractivity contribution in [3.05, 3.63) is 36.5 Å². The van der Waals surface area contributed by atoms with Crippen LogP contribution < -0.4 is 10.2 Å². The second kappa shape index (κ2) is 11.9. The van der Waals surface area contributed by atoms with Gasteiger partial charge in [0.15, 0.2) is 5.16 Å². The summed E-state index contributed by atoms with van der Waals surface area (Å²) in [5.41, 5.74) is 0. The van der Waals surface area contributed by atoms with Crippen molar-refractivity contribution in [2.24, 2.45) is 0 Å². The summed E-state index contributed by atoms with van der Waals surface area (Å²) in [6.45, 7) is 11.6. The molecule has 0 atom stereocenters. The molecule has 0 saturated heterocycles. The summed E-state index contributed by atoms with van der Waals surface area (Å²) < 4.78 is 0. The molecular weight excluding hydrogens is 344 g/mol. The van der Waals surface area contributed by atoms with Gasteiger partial charge in [-0.15, -0.1) is 13.2 Å². The highest BCUT2D eigenvalue weighted by Crippen LogP contribution is 2.21. The Morgan fingerprint density at radius 1 is 1.33 bits per heavy atom. The number of hydrogen-bond donors (Lipinski definition) is 1. The number of nitrogens with zero attached hydrogens (tertiary/aromatic N) is 3. The average Bonchev–Trinajstić information content (AvgIpc) is 2.56. The normalized spacial score (nSPS) is 10.2. The van der Waals surface area contributed by atoms with E-state index in [1.807, 2.05) is 4.90 Å². The van der Waals surface area contributed by atoms with Crippen molar-refractivity contribution >= 4 is 35.1 Å². The van der Waals surface area contributed by atoms with Crippen LogP contribution in [0.3, 0.4) is 0 Å². The molecule has 1 heterocycles. The zero-order valence-corrected chi connectivity index (χ0v) is 15.7. The van der Waals surface area contributed by atoms with Crippen molar-refractivity contribution < 1.29 is 4.79 Å². The SMILES string of the molecule is C=CCN(CC=C)c1cc(Cl)nc(SCC(=O)NCCCCC)n1. The second-order valence-corrected chi connectivity index (χ2v) is 6.49. The van der Waals surface area contributed by atoms with Crippen molar-refractivity contribution in [1.29, 1.82) is 0 Å². The minimum absolute atomic E-state index is 0.0183. The molecule has 0 fully saturated rings. The lowest BCUT2D eigenvalue weighted by molar-refractivity contribution is -0.118. The third-order valence-electron chi connectivity index (χ3n) is 3.12. The van der Waals surface area contributed by atoms with E-state index >= 15 is 0 Å². The number of unbranched alkanes of at least 4 members (excludes halogenated alkanes) is 2. The van der Waals surface area contributed by atoms with Crippen LogP contribution in [0.4, 0.5) is 5.82 Å². The van der Waals surface area contributed by atoms with Crippen LogP contribution in [0.1, 0.15) is 26.2 Å². The highest BCUT2D eigenvalue weighted by Gasteiger charge is 2.11. The molecule has 24 heavy (non-hydrogen) atoms. The van der Waals surface area contributed by atoms with Gasteiger partial charge in [0, 0.05) is 25.7 Å². The fourth-order valence-corrected chi connectivity index (χ4v) is 2.88. The highest BCUT2D eigenvalue weighted by atomic mass is 35.5. The number of rotatable bonds is 12. The molecule has 0 saturated carbocycles. The molecule has 0 unspecified atom stereocenters. The molecule has 132 valence electrons. The molecule has 1 N–H and O–H groups in total. The van der Waals surface area contributed by atoms with Gasteiger partial charge in [-0.1, -0.05) is 55.3 Å². The number of halogens is 1. The zero-order chi connectivity index (χ0) is 17.8. The zero-order valence-electron chi connectivity index (χ0n) is 14.1. The fraction of sp³-hybridized carbons (Fsp3) is 0.471. The van der Waals surface area contributed by atoms with Crippen molar-refractivity contribution in [3.63, 3.8) is 0 Å². The summed E-state index contributed by atoms with van der Waals surface area (Å²) >= 11 is 7.36. The summed E-state index contributed by atoms with van der Waals surface area (Å²) in [6, 6.07) is 1.70. The summed E-state index contributed by atoms with van der Waals surface area (Å²) in [5, 5.41) is 3.73. The number of amides is 1. The molecular formula is C17H25ClN4OS. The van der Waals surface area contributed by atoms with Gasteiger partial charge in [0.25, 0.3) is 0 Å². The third kappa shape index (κ3) is 7.84. The Morgan fingerprint density at radius 2 is 2.04 bits per heavy atom. The standard InChI is InChI=1S/C17H25ClN4OS/c1-4-7-8-9-19-16(23)13-24-17-20-14(18)12-15(21-17)22(10-5-2)11-6-3/h5-6,12H,2-4,7-11,13H2,1H3,(H,19,23). The van der Waals surface area contributed by atoms with Gasteiger partial charge in [-0.05, 0) is 6.42 Å². The molecule has 5 nitrogen and oxygen atoms in total. The Labute approximate surface area is 153 Å². The number of carbonyl (C=O) groups excluding carboxylic acids is 1. The number of carbonyl (C=O) groups is 1. The summed E-state index contributed by atoms with van der Waals surface area (Å²) in [4.78, 5) is 22.5. The Morgan fingerprint density at radius 3 is 2.67 bits per heavy atom. The number of aromatic nitrogens is 2. The number of nitrogens with one attached hydrogen (secondary N) is 1. The fourth-order valence-electron chi connectivity index (χ4n) is 1.97. The van der Waals surface area contributed by atoms with Gasteiger partial charge in [-0.25, -0.2) is 9.97 Å². The first-order valence-corrected chi connectivity index (χ1v) is 9.37. The van der Waals surface area contributed by atoms with Crippen LogP contribution in [0.5, 0.6) is 0 Å². The van der Waals surface area contributed by atoms with Crippen LogP contribution >= 0.6 is 23.4 Å². The molecule has 1 aromatic heterocycles. The second-order valence-electron chi connectivity index (χ2n) is 5.16. The van der Waals surface area contributed by atoms with Crippen LogP contribution in [-0.2, 0) is 4.79 Å². The van der Waals surface area contributed by atoms with Crippen molar-refractivity contribution in [2.45, 2.75) is 31.3 Å². The lowest BCUT2D eigenvalue weighted by Gasteiger charge is -2.20. The number of thioether (sulfide) groups is 1. The smallest absolute Gasteiger partial charge is 0.230 e. The lowest BCUT2D eigenvalue weighted by Crippen LogP contribution is -2.26. The van der Waals surface area contributed by atoms with Gasteiger partial charge < -0.3 is 10.2 Å². The Bertz CT molecular complexity index is 543. The van der Waals surface area contributed by atoms with E-state index in [2.05, 4.69) is 35.4 Å². The van der Waals surface area contributed by atoms with Gasteiger partial charge in [0.1, 0.15) is 11.0 Å². The van der Waals surface area contributed by atoms with Crippen LogP contribution in [0.15, 0.2) is 36.5 Å². The average molecular weight is 369 g/mol. The molecule has 0 aliphatic carbocycles. The minimum Gasteiger partial charge on any atom is -0.355 e. The van der Waals surface area contributed by atoms with E-state index in [4.69, 9.17) is 11.6 Å². The van der Waals surface area contributed by atoms with Gasteiger partial charge in [0.05, 0.1) is 5.75 Å². The van der Waals surface area contributed by atoms with Crippen molar-refractivity contribution in [1.82, 2.24) is 15.3 Å². The Balaban J connectivity index is 2.63. The van der Waals surface area contributed by atoms with E-state index in [-0.39, 0.29) is 11.7 Å². The third-order valence-corrected chi connectivity index (χ3v) is 4.16. The summed E-state index contributed by atoms with van der Waals surface area (Å²) in [7, 11) is 0. The number of anilines is 1. The van der Waals surface area contributed by atoms with E-state index in [9.17, 15) is 4.79 Å². The largest absolute Gasteiger partial charge is 0.355 e. The van der Waals surface area contributed by atoms with Crippen LogP contribution in [0, 0.1) is 0 Å². The van der Waals surface area contributed by atoms with E-state index in [1.54, 1.807) is 18.2 Å². The number of hydrogen-bond acceptors (Lipinski definition) is 5. The molecule has 0 aliphatic heterocycles. The maximum atomic E-state index is 11.8. The molecule has 0 spiro atoms. The monoisotopic (exact) mass is 368 g/mol. The first-order chi connectivity index (χ1) is 11.6. The lowest BCUT2D eigenvalue weighted by atomic mass is 10.2. The van der Waals surface area contributed by atoms with Crippen molar-refractivity contribution in [2.75, 3.05) is 30.3 Å². The van der Waals surface area contributed by atoms with Gasteiger partial charge in [-0.3, -0.25) is 4.79 Å². The molecule has 0 aliphatic rings. The van der Waals surface area contributed by atoms with Gasteiger partial charge in [0.2, 0.25) is 5.91 Å². The summed E-state index contributed by atoms with van der Waals surface area (Å²) in [5.74, 6) is 0.949. The Hall–Kier alpha value is -1.53. The maximum Gasteiger partial charge on any atom is 0.230 e. The molecule has 1 rings (SSSR count). The molecule has 1 aromatic rings. The van der Waals surface area contributed by atoms with Crippen LogP contribution in [-0.4, -0.2) is 41.3 Å². The van der Waals surface area contributed by atoms with Gasteiger partial charge >= 0.3 is 0 Å². The first-order valence-electron chi connectivity index (χ1n) is 8.01. The molecule has 7 heteroatoms. The van der Waals surface area contributed by atoms with E-state index in [0.29, 0.717) is 35.8 Å². The van der Waals surface area contributed by atoms with Crippen LogP contribution in [0.2, 0.25) is 5.15 Å². The minimum atomic E-state index is -0.0183. The predicted molar refractivity (Wildman–Crippen MR) is 103 cm³/mol. The molecule has 0 aromatic carbocycles. The van der Waals surface area contributed by atoms with E-state index < -0.39 is 0 Å². The quantitative estimate of drug-likeness (QED) is 0.200. The van der Waals surface area contributed by atoms with Gasteiger partial charge in [-0.2, -0.15) is 0 Å². The highest BCUT2D eigenvalue weighted by molar-refractivity contribution is 7.99. The first kappa shape index (κ1) is 20.5. The Kier molecular flexibility index (Phi) is 10.2. The molecule has 1 amide bonds. The van der Waals surface area contributed by atoms with Crippen LogP contribution in [0.25, 0.3) is 0 Å². The molecule has 0 radical (unpaired) electrons. The topological polar surface area (TPSA) is 58.1 Å². The van der Waals surface area contributed by atoms with E-state index in [1.165, 1.54) is 11.8 Å². The predicted octanol–water partition coefficient (Wildman–Crippen LogP) is 3.71. The van der Waals surface area contributed by atoms with E-state index in [0.717, 1.165) is 19.3 Å².